The van der Waals surface area contributed by atoms with E-state index in [1.54, 1.807) is 24.3 Å². The molecule has 6 heteroatoms. The fraction of sp³-hybridized carbons (Fsp3) is 0.300. The summed E-state index contributed by atoms with van der Waals surface area (Å²) in [5.41, 5.74) is 1.91. The molecule has 0 heterocycles. The Morgan fingerprint density at radius 3 is 2.19 bits per heavy atom. The number of carbonyl (C=O) groups is 2. The fourth-order valence-electron chi connectivity index (χ4n) is 2.19. The predicted molar refractivity (Wildman–Crippen MR) is 102 cm³/mol. The normalized spacial score (nSPS) is 10.1. The van der Waals surface area contributed by atoms with E-state index in [0.717, 1.165) is 17.9 Å². The lowest BCUT2D eigenvalue weighted by atomic mass is 10.2. The molecule has 1 amide bonds. The van der Waals surface area contributed by atoms with Crippen LogP contribution in [0.3, 0.4) is 0 Å². The van der Waals surface area contributed by atoms with Gasteiger partial charge in [-0.1, -0.05) is 6.92 Å². The molecule has 0 spiro atoms. The number of hydrogen-bond donors (Lipinski definition) is 2. The topological polar surface area (TPSA) is 76.7 Å². The number of esters is 1. The van der Waals surface area contributed by atoms with E-state index >= 15 is 0 Å². The Hall–Kier alpha value is -3.02. The Kier molecular flexibility index (Phi) is 7.49. The predicted octanol–water partition coefficient (Wildman–Crippen LogP) is 3.70. The molecule has 2 aromatic rings. The minimum atomic E-state index is -0.359. The third-order valence-electron chi connectivity index (χ3n) is 3.46. The maximum Gasteiger partial charge on any atom is 0.338 e. The molecule has 0 aliphatic heterocycles. The van der Waals surface area contributed by atoms with Crippen molar-refractivity contribution in [3.63, 3.8) is 0 Å². The van der Waals surface area contributed by atoms with Crippen molar-refractivity contribution in [1.29, 1.82) is 0 Å². The molecule has 26 heavy (non-hydrogen) atoms. The number of rotatable bonds is 9. The van der Waals surface area contributed by atoms with Gasteiger partial charge in [-0.05, 0) is 61.9 Å². The van der Waals surface area contributed by atoms with Gasteiger partial charge in [0, 0.05) is 11.4 Å². The van der Waals surface area contributed by atoms with Crippen molar-refractivity contribution in [3.8, 4) is 5.75 Å². The molecule has 0 aliphatic rings. The number of anilines is 2. The van der Waals surface area contributed by atoms with Crippen LogP contribution in [-0.2, 0) is 9.53 Å². The van der Waals surface area contributed by atoms with Gasteiger partial charge in [-0.15, -0.1) is 0 Å². The van der Waals surface area contributed by atoms with Crippen molar-refractivity contribution >= 4 is 23.3 Å². The number of nitrogens with one attached hydrogen (secondary N) is 2. The highest BCUT2D eigenvalue weighted by Gasteiger charge is 2.07. The summed E-state index contributed by atoms with van der Waals surface area (Å²) in [5, 5.41) is 5.82. The van der Waals surface area contributed by atoms with Gasteiger partial charge in [0.05, 0.1) is 25.3 Å². The number of ether oxygens (including phenoxy) is 2. The van der Waals surface area contributed by atoms with Crippen LogP contribution in [0.15, 0.2) is 48.5 Å². The molecule has 2 rings (SSSR count). The van der Waals surface area contributed by atoms with Crippen LogP contribution in [0.25, 0.3) is 0 Å². The second-order valence-electron chi connectivity index (χ2n) is 5.57. The SMILES string of the molecule is CCCOC(=O)c1ccc(NC(=O)CNc2ccc(OCC)cc2)cc1. The minimum Gasteiger partial charge on any atom is -0.494 e. The molecular formula is C20H24N2O4. The van der Waals surface area contributed by atoms with Gasteiger partial charge in [0.1, 0.15) is 5.75 Å². The minimum absolute atomic E-state index is 0.133. The highest BCUT2D eigenvalue weighted by Crippen LogP contribution is 2.15. The fourth-order valence-corrected chi connectivity index (χ4v) is 2.19. The number of hydrogen-bond acceptors (Lipinski definition) is 5. The summed E-state index contributed by atoms with van der Waals surface area (Å²) < 4.78 is 10.4. The highest BCUT2D eigenvalue weighted by molar-refractivity contribution is 5.95. The second kappa shape index (κ2) is 10.1. The summed E-state index contributed by atoms with van der Waals surface area (Å²) in [6, 6.07) is 14.0. The molecule has 0 saturated heterocycles. The Morgan fingerprint density at radius 1 is 0.923 bits per heavy atom. The first-order chi connectivity index (χ1) is 12.6. The standard InChI is InChI=1S/C20H24N2O4/c1-3-13-26-20(24)15-5-7-17(8-6-15)22-19(23)14-21-16-9-11-18(12-10-16)25-4-2/h5-12,21H,3-4,13-14H2,1-2H3,(H,22,23). The summed E-state index contributed by atoms with van der Waals surface area (Å²) in [6.45, 7) is 5.01. The van der Waals surface area contributed by atoms with Crippen LogP contribution in [0.2, 0.25) is 0 Å². The first kappa shape index (κ1) is 19.3. The largest absolute Gasteiger partial charge is 0.494 e. The van der Waals surface area contributed by atoms with Crippen molar-refractivity contribution in [2.24, 2.45) is 0 Å². The van der Waals surface area contributed by atoms with Crippen LogP contribution in [0.1, 0.15) is 30.6 Å². The van der Waals surface area contributed by atoms with Crippen molar-refractivity contribution in [2.75, 3.05) is 30.4 Å². The van der Waals surface area contributed by atoms with E-state index in [9.17, 15) is 9.59 Å². The first-order valence-electron chi connectivity index (χ1n) is 8.66. The molecule has 2 N–H and O–H groups in total. The van der Waals surface area contributed by atoms with Gasteiger partial charge in [0.15, 0.2) is 0 Å². The summed E-state index contributed by atoms with van der Waals surface area (Å²) in [5.74, 6) is 0.252. The lowest BCUT2D eigenvalue weighted by molar-refractivity contribution is -0.114. The van der Waals surface area contributed by atoms with E-state index in [4.69, 9.17) is 9.47 Å². The van der Waals surface area contributed by atoms with E-state index in [-0.39, 0.29) is 18.4 Å². The molecule has 0 radical (unpaired) electrons. The van der Waals surface area contributed by atoms with Crippen LogP contribution >= 0.6 is 0 Å². The lowest BCUT2D eigenvalue weighted by Gasteiger charge is -2.09. The molecule has 138 valence electrons. The molecule has 0 unspecified atom stereocenters. The smallest absolute Gasteiger partial charge is 0.338 e. The summed E-state index contributed by atoms with van der Waals surface area (Å²) in [6.07, 6.45) is 0.779. The zero-order chi connectivity index (χ0) is 18.8. The number of amides is 1. The van der Waals surface area contributed by atoms with E-state index in [1.165, 1.54) is 0 Å². The lowest BCUT2D eigenvalue weighted by Crippen LogP contribution is -2.21. The molecule has 6 nitrogen and oxygen atoms in total. The van der Waals surface area contributed by atoms with E-state index in [1.807, 2.05) is 38.1 Å². The Morgan fingerprint density at radius 2 is 1.58 bits per heavy atom. The molecule has 2 aromatic carbocycles. The quantitative estimate of drug-likeness (QED) is 0.670. The van der Waals surface area contributed by atoms with Gasteiger partial charge in [-0.3, -0.25) is 4.79 Å². The average molecular weight is 356 g/mol. The Balaban J connectivity index is 1.81. The first-order valence-corrected chi connectivity index (χ1v) is 8.66. The van der Waals surface area contributed by atoms with Crippen LogP contribution < -0.4 is 15.4 Å². The second-order valence-corrected chi connectivity index (χ2v) is 5.57. The van der Waals surface area contributed by atoms with Crippen molar-refractivity contribution in [3.05, 3.63) is 54.1 Å². The van der Waals surface area contributed by atoms with E-state index in [2.05, 4.69) is 10.6 Å². The monoisotopic (exact) mass is 356 g/mol. The number of benzene rings is 2. The van der Waals surface area contributed by atoms with E-state index in [0.29, 0.717) is 24.5 Å². The van der Waals surface area contributed by atoms with Crippen molar-refractivity contribution in [1.82, 2.24) is 0 Å². The highest BCUT2D eigenvalue weighted by atomic mass is 16.5. The van der Waals surface area contributed by atoms with E-state index < -0.39 is 0 Å². The maximum atomic E-state index is 12.0. The van der Waals surface area contributed by atoms with Crippen LogP contribution in [0.5, 0.6) is 5.75 Å². The summed E-state index contributed by atoms with van der Waals surface area (Å²) in [7, 11) is 0. The Labute approximate surface area is 153 Å². The van der Waals surface area contributed by atoms with Gasteiger partial charge >= 0.3 is 5.97 Å². The van der Waals surface area contributed by atoms with Gasteiger partial charge in [0.2, 0.25) is 5.91 Å². The van der Waals surface area contributed by atoms with Gasteiger partial charge in [0.25, 0.3) is 0 Å². The molecular weight excluding hydrogens is 332 g/mol. The zero-order valence-electron chi connectivity index (χ0n) is 15.1. The molecule has 0 bridgehead atoms. The summed E-state index contributed by atoms with van der Waals surface area (Å²) in [4.78, 5) is 23.8. The van der Waals surface area contributed by atoms with Crippen LogP contribution in [-0.4, -0.2) is 31.6 Å². The van der Waals surface area contributed by atoms with Gasteiger partial charge < -0.3 is 20.1 Å². The van der Waals surface area contributed by atoms with Gasteiger partial charge in [-0.2, -0.15) is 0 Å². The molecule has 0 saturated carbocycles. The zero-order valence-corrected chi connectivity index (χ0v) is 15.1. The third-order valence-corrected chi connectivity index (χ3v) is 3.46. The molecule has 0 aliphatic carbocycles. The average Bonchev–Trinajstić information content (AvgIpc) is 2.66. The molecule has 0 atom stereocenters. The van der Waals surface area contributed by atoms with Crippen molar-refractivity contribution in [2.45, 2.75) is 20.3 Å². The summed E-state index contributed by atoms with van der Waals surface area (Å²) >= 11 is 0. The van der Waals surface area contributed by atoms with Gasteiger partial charge in [-0.25, -0.2) is 4.79 Å². The van der Waals surface area contributed by atoms with Crippen LogP contribution in [0.4, 0.5) is 11.4 Å². The Bertz CT molecular complexity index is 712. The number of carbonyl (C=O) groups excluding carboxylic acids is 2. The van der Waals surface area contributed by atoms with Crippen molar-refractivity contribution < 1.29 is 19.1 Å². The molecule has 0 fully saturated rings. The maximum absolute atomic E-state index is 12.0. The molecule has 0 aromatic heterocycles. The van der Waals surface area contributed by atoms with Crippen LogP contribution in [0, 0.1) is 0 Å². The third kappa shape index (κ3) is 6.12.